The van der Waals surface area contributed by atoms with Crippen LogP contribution in [0.4, 0.5) is 0 Å². The molecule has 0 radical (unpaired) electrons. The summed E-state index contributed by atoms with van der Waals surface area (Å²) in [7, 11) is 0. The van der Waals surface area contributed by atoms with Crippen molar-refractivity contribution in [3.8, 4) is 0 Å². The second kappa shape index (κ2) is 6.49. The highest BCUT2D eigenvalue weighted by Crippen LogP contribution is 2.25. The van der Waals surface area contributed by atoms with Crippen LogP contribution in [0, 0.1) is 11.3 Å². The van der Waals surface area contributed by atoms with Crippen molar-refractivity contribution in [1.29, 1.82) is 0 Å². The molecule has 2 N–H and O–H groups in total. The van der Waals surface area contributed by atoms with E-state index in [4.69, 9.17) is 0 Å². The van der Waals surface area contributed by atoms with Crippen molar-refractivity contribution >= 4 is 0 Å². The molecule has 0 heterocycles. The summed E-state index contributed by atoms with van der Waals surface area (Å²) in [6, 6.07) is 0.550. The first kappa shape index (κ1) is 14.9. The number of nitrogens with one attached hydrogen (secondary N) is 1. The molecule has 0 amide bonds. The molecule has 0 saturated heterocycles. The Bertz CT molecular complexity index is 166. The van der Waals surface area contributed by atoms with Gasteiger partial charge in [-0.2, -0.15) is 0 Å². The zero-order chi connectivity index (χ0) is 12.1. The van der Waals surface area contributed by atoms with Crippen molar-refractivity contribution < 1.29 is 5.11 Å². The second-order valence-electron chi connectivity index (χ2n) is 5.75. The van der Waals surface area contributed by atoms with Gasteiger partial charge in [0.15, 0.2) is 0 Å². The van der Waals surface area contributed by atoms with Crippen LogP contribution in [-0.2, 0) is 0 Å². The Morgan fingerprint density at radius 1 is 1.20 bits per heavy atom. The van der Waals surface area contributed by atoms with Crippen molar-refractivity contribution in [3.63, 3.8) is 0 Å². The first-order valence-corrected chi connectivity index (χ1v) is 6.22. The van der Waals surface area contributed by atoms with Gasteiger partial charge < -0.3 is 10.4 Å². The van der Waals surface area contributed by atoms with Gasteiger partial charge in [0.2, 0.25) is 0 Å². The molecule has 2 atom stereocenters. The van der Waals surface area contributed by atoms with E-state index in [1.54, 1.807) is 0 Å². The highest BCUT2D eigenvalue weighted by molar-refractivity contribution is 4.82. The number of aliphatic hydroxyl groups excluding tert-OH is 1. The molecule has 0 fully saturated rings. The van der Waals surface area contributed by atoms with Crippen LogP contribution in [0.2, 0.25) is 0 Å². The monoisotopic (exact) mass is 215 g/mol. The summed E-state index contributed by atoms with van der Waals surface area (Å²) in [5, 5.41) is 13.6. The molecule has 0 aromatic heterocycles. The van der Waals surface area contributed by atoms with Gasteiger partial charge >= 0.3 is 0 Å². The maximum Gasteiger partial charge on any atom is 0.0626 e. The molecule has 2 unspecified atom stereocenters. The van der Waals surface area contributed by atoms with Crippen LogP contribution in [0.1, 0.15) is 54.4 Å². The standard InChI is InChI=1S/C13H29NO/c1-7-8-11(4)14-9-13(5,6)12(15)10(2)3/h10-12,14-15H,7-9H2,1-6H3. The van der Waals surface area contributed by atoms with Gasteiger partial charge in [0, 0.05) is 18.0 Å². The predicted octanol–water partition coefficient (Wildman–Crippen LogP) is 2.81. The Labute approximate surface area is 95.5 Å². The van der Waals surface area contributed by atoms with E-state index in [-0.39, 0.29) is 11.5 Å². The molecule has 0 aromatic carbocycles. The minimum absolute atomic E-state index is 0.0455. The molecule has 0 bridgehead atoms. The normalized spacial score (nSPS) is 16.8. The molecule has 0 spiro atoms. The minimum atomic E-state index is -0.237. The SMILES string of the molecule is CCCC(C)NCC(C)(C)C(O)C(C)C. The number of rotatable bonds is 7. The van der Waals surface area contributed by atoms with E-state index in [0.29, 0.717) is 12.0 Å². The van der Waals surface area contributed by atoms with Gasteiger partial charge in [0.05, 0.1) is 6.10 Å². The summed E-state index contributed by atoms with van der Waals surface area (Å²) in [6.07, 6.45) is 2.17. The predicted molar refractivity (Wildman–Crippen MR) is 67.0 cm³/mol. The summed E-state index contributed by atoms with van der Waals surface area (Å²) < 4.78 is 0. The van der Waals surface area contributed by atoms with Crippen molar-refractivity contribution in [1.82, 2.24) is 5.32 Å². The Morgan fingerprint density at radius 2 is 1.73 bits per heavy atom. The maximum absolute atomic E-state index is 10.1. The van der Waals surface area contributed by atoms with Gasteiger partial charge in [-0.25, -0.2) is 0 Å². The largest absolute Gasteiger partial charge is 0.392 e. The lowest BCUT2D eigenvalue weighted by atomic mass is 9.80. The van der Waals surface area contributed by atoms with E-state index in [0.717, 1.165) is 6.54 Å². The van der Waals surface area contributed by atoms with Gasteiger partial charge in [-0.05, 0) is 19.3 Å². The van der Waals surface area contributed by atoms with Crippen LogP contribution in [0.25, 0.3) is 0 Å². The fourth-order valence-electron chi connectivity index (χ4n) is 1.98. The van der Waals surface area contributed by atoms with Crippen LogP contribution in [0.3, 0.4) is 0 Å². The van der Waals surface area contributed by atoms with Crippen LogP contribution in [0.5, 0.6) is 0 Å². The zero-order valence-electron chi connectivity index (χ0n) is 11.3. The molecule has 92 valence electrons. The molecule has 0 aliphatic heterocycles. The van der Waals surface area contributed by atoms with Gasteiger partial charge in [-0.15, -0.1) is 0 Å². The van der Waals surface area contributed by atoms with Crippen LogP contribution >= 0.6 is 0 Å². The summed E-state index contributed by atoms with van der Waals surface area (Å²) in [5.74, 6) is 0.322. The Kier molecular flexibility index (Phi) is 6.46. The summed E-state index contributed by atoms with van der Waals surface area (Å²) >= 11 is 0. The number of hydrogen-bond donors (Lipinski definition) is 2. The summed E-state index contributed by atoms with van der Waals surface area (Å²) in [6.45, 7) is 13.7. The molecular weight excluding hydrogens is 186 g/mol. The maximum atomic E-state index is 10.1. The van der Waals surface area contributed by atoms with E-state index >= 15 is 0 Å². The summed E-state index contributed by atoms with van der Waals surface area (Å²) in [4.78, 5) is 0. The summed E-state index contributed by atoms with van der Waals surface area (Å²) in [5.41, 5.74) is -0.0455. The van der Waals surface area contributed by atoms with Crippen molar-refractivity contribution in [2.24, 2.45) is 11.3 Å². The molecule has 0 aliphatic rings. The van der Waals surface area contributed by atoms with Gasteiger partial charge in [0.25, 0.3) is 0 Å². The van der Waals surface area contributed by atoms with Crippen molar-refractivity contribution in [3.05, 3.63) is 0 Å². The Hall–Kier alpha value is -0.0800. The van der Waals surface area contributed by atoms with Crippen LogP contribution < -0.4 is 5.32 Å². The minimum Gasteiger partial charge on any atom is -0.392 e. The van der Waals surface area contributed by atoms with E-state index < -0.39 is 0 Å². The first-order valence-electron chi connectivity index (χ1n) is 6.22. The van der Waals surface area contributed by atoms with Gasteiger partial charge in [-0.3, -0.25) is 0 Å². The highest BCUT2D eigenvalue weighted by atomic mass is 16.3. The Balaban J connectivity index is 4.03. The lowest BCUT2D eigenvalue weighted by molar-refractivity contribution is 0.0123. The van der Waals surface area contributed by atoms with Crippen LogP contribution in [0.15, 0.2) is 0 Å². The fourth-order valence-corrected chi connectivity index (χ4v) is 1.98. The van der Waals surface area contributed by atoms with E-state index in [9.17, 15) is 5.11 Å². The van der Waals surface area contributed by atoms with Gasteiger partial charge in [0.1, 0.15) is 0 Å². The molecule has 0 aromatic rings. The van der Waals surface area contributed by atoms with E-state index in [2.05, 4.69) is 46.9 Å². The number of aliphatic hydroxyl groups is 1. The molecule has 0 rings (SSSR count). The molecule has 15 heavy (non-hydrogen) atoms. The fraction of sp³-hybridized carbons (Fsp3) is 1.00. The third-order valence-corrected chi connectivity index (χ3v) is 3.06. The third kappa shape index (κ3) is 5.53. The Morgan fingerprint density at radius 3 is 2.13 bits per heavy atom. The molecule has 0 saturated carbocycles. The highest BCUT2D eigenvalue weighted by Gasteiger charge is 2.29. The third-order valence-electron chi connectivity index (χ3n) is 3.06. The first-order chi connectivity index (χ1) is 6.81. The average Bonchev–Trinajstić information content (AvgIpc) is 2.14. The van der Waals surface area contributed by atoms with Crippen molar-refractivity contribution in [2.45, 2.75) is 66.5 Å². The zero-order valence-corrected chi connectivity index (χ0v) is 11.3. The smallest absolute Gasteiger partial charge is 0.0626 e. The topological polar surface area (TPSA) is 32.3 Å². The second-order valence-corrected chi connectivity index (χ2v) is 5.75. The molecule has 2 heteroatoms. The average molecular weight is 215 g/mol. The lowest BCUT2D eigenvalue weighted by Crippen LogP contribution is -2.44. The lowest BCUT2D eigenvalue weighted by Gasteiger charge is -2.34. The van der Waals surface area contributed by atoms with Crippen molar-refractivity contribution in [2.75, 3.05) is 6.54 Å². The molecule has 2 nitrogen and oxygen atoms in total. The molecule has 0 aliphatic carbocycles. The van der Waals surface area contributed by atoms with Gasteiger partial charge in [-0.1, -0.05) is 41.0 Å². The number of hydrogen-bond acceptors (Lipinski definition) is 2. The van der Waals surface area contributed by atoms with Crippen LogP contribution in [-0.4, -0.2) is 23.8 Å². The van der Waals surface area contributed by atoms with E-state index in [1.165, 1.54) is 12.8 Å². The quantitative estimate of drug-likeness (QED) is 0.684. The van der Waals surface area contributed by atoms with E-state index in [1.807, 2.05) is 0 Å². The molecular formula is C13H29NO.